The molecule has 0 aliphatic heterocycles. The van der Waals surface area contributed by atoms with Gasteiger partial charge in [0.1, 0.15) is 5.52 Å². The van der Waals surface area contributed by atoms with E-state index in [-0.39, 0.29) is 0 Å². The lowest BCUT2D eigenvalue weighted by Gasteiger charge is -1.97. The number of benzene rings is 2. The van der Waals surface area contributed by atoms with Gasteiger partial charge >= 0.3 is 0 Å². The van der Waals surface area contributed by atoms with Crippen LogP contribution < -0.4 is 0 Å². The number of aromatic nitrogens is 4. The van der Waals surface area contributed by atoms with Crippen LogP contribution in [0.2, 0.25) is 0 Å². The number of hydrogen-bond donors (Lipinski definition) is 1. The summed E-state index contributed by atoms with van der Waals surface area (Å²) in [7, 11) is 0. The van der Waals surface area contributed by atoms with Gasteiger partial charge in [-0.25, -0.2) is 0 Å². The summed E-state index contributed by atoms with van der Waals surface area (Å²) in [5.74, 6) is 0. The molecule has 2 aromatic heterocycles. The Balaban J connectivity index is 2.00. The number of H-pyrrole nitrogens is 1. The molecule has 5 heteroatoms. The van der Waals surface area contributed by atoms with Crippen molar-refractivity contribution < 1.29 is 0 Å². The fraction of sp³-hybridized carbons (Fsp3) is 0. The van der Waals surface area contributed by atoms with Crippen molar-refractivity contribution in [2.75, 3.05) is 0 Å². The van der Waals surface area contributed by atoms with E-state index in [0.29, 0.717) is 0 Å². The molecule has 0 atom stereocenters. The Morgan fingerprint density at radius 1 is 1.11 bits per heavy atom. The molecule has 0 spiro atoms. The van der Waals surface area contributed by atoms with Gasteiger partial charge in [0.25, 0.3) is 0 Å². The van der Waals surface area contributed by atoms with Crippen molar-refractivity contribution >= 4 is 32.7 Å². The first kappa shape index (κ1) is 9.73. The maximum absolute atomic E-state index is 4.51. The van der Waals surface area contributed by atoms with Gasteiger partial charge in [-0.15, -0.1) is 5.10 Å². The molecule has 0 fully saturated rings. The summed E-state index contributed by atoms with van der Waals surface area (Å²) in [4.78, 5) is 0. The van der Waals surface area contributed by atoms with Crippen LogP contribution in [0.1, 0.15) is 0 Å². The topological polar surface area (TPSA) is 54.5 Å². The zero-order valence-corrected chi connectivity index (χ0v) is 10.0. The number of hydrogen-bond acceptors (Lipinski definition) is 4. The van der Waals surface area contributed by atoms with Crippen molar-refractivity contribution in [2.45, 2.75) is 0 Å². The van der Waals surface area contributed by atoms with Crippen LogP contribution >= 0.6 is 11.5 Å². The van der Waals surface area contributed by atoms with E-state index in [1.54, 1.807) is 0 Å². The average molecular weight is 251 g/mol. The first-order valence-corrected chi connectivity index (χ1v) is 6.27. The molecule has 0 saturated heterocycles. The van der Waals surface area contributed by atoms with Gasteiger partial charge in [-0.1, -0.05) is 23.4 Å². The van der Waals surface area contributed by atoms with Crippen molar-refractivity contribution in [3.8, 4) is 11.3 Å². The molecule has 2 heterocycles. The SMILES string of the molecule is [c]1c(-c2nsc3ccccc23)ccc2[nH]nnc12. The summed E-state index contributed by atoms with van der Waals surface area (Å²) < 4.78 is 5.69. The lowest BCUT2D eigenvalue weighted by molar-refractivity contribution is 0.959. The van der Waals surface area contributed by atoms with Gasteiger partial charge < -0.3 is 0 Å². The van der Waals surface area contributed by atoms with Crippen molar-refractivity contribution in [2.24, 2.45) is 0 Å². The van der Waals surface area contributed by atoms with Gasteiger partial charge in [-0.05, 0) is 29.7 Å². The van der Waals surface area contributed by atoms with Gasteiger partial charge in [0.2, 0.25) is 0 Å². The Morgan fingerprint density at radius 2 is 2.06 bits per heavy atom. The first-order valence-electron chi connectivity index (χ1n) is 5.50. The summed E-state index contributed by atoms with van der Waals surface area (Å²) in [6.45, 7) is 0. The Kier molecular flexibility index (Phi) is 1.95. The second-order valence-electron chi connectivity index (χ2n) is 3.97. The maximum Gasteiger partial charge on any atom is 0.121 e. The lowest BCUT2D eigenvalue weighted by atomic mass is 10.1. The van der Waals surface area contributed by atoms with Crippen LogP contribution in [-0.2, 0) is 0 Å². The van der Waals surface area contributed by atoms with Crippen LogP contribution in [0.4, 0.5) is 0 Å². The van der Waals surface area contributed by atoms with Gasteiger partial charge in [0.15, 0.2) is 0 Å². The summed E-state index contributed by atoms with van der Waals surface area (Å²) in [5, 5.41) is 11.7. The van der Waals surface area contributed by atoms with Crippen molar-refractivity contribution in [3.63, 3.8) is 0 Å². The summed E-state index contributed by atoms with van der Waals surface area (Å²) in [5.41, 5.74) is 3.54. The molecule has 85 valence electrons. The largest absolute Gasteiger partial charge is 0.258 e. The highest BCUT2D eigenvalue weighted by atomic mass is 32.1. The zero-order valence-electron chi connectivity index (χ0n) is 9.21. The fourth-order valence-electron chi connectivity index (χ4n) is 2.00. The molecule has 4 aromatic rings. The molecule has 2 aromatic carbocycles. The number of nitrogens with zero attached hydrogens (tertiary/aromatic N) is 3. The molecule has 0 aliphatic carbocycles. The molecule has 4 nitrogen and oxygen atoms in total. The maximum atomic E-state index is 4.51. The lowest BCUT2D eigenvalue weighted by Crippen LogP contribution is -1.79. The van der Waals surface area contributed by atoms with Gasteiger partial charge in [-0.2, -0.15) is 4.37 Å². The summed E-state index contributed by atoms with van der Waals surface area (Å²) in [6, 6.07) is 15.4. The molecule has 0 aliphatic rings. The smallest absolute Gasteiger partial charge is 0.121 e. The Hall–Kier alpha value is -2.27. The third-order valence-electron chi connectivity index (χ3n) is 2.88. The van der Waals surface area contributed by atoms with Crippen LogP contribution in [0.5, 0.6) is 0 Å². The molecule has 18 heavy (non-hydrogen) atoms. The predicted octanol–water partition coefficient (Wildman–Crippen LogP) is 3.03. The van der Waals surface area contributed by atoms with Gasteiger partial charge in [-0.3, -0.25) is 5.10 Å². The molecular formula is C13H7N4S. The first-order chi connectivity index (χ1) is 8.92. The van der Waals surface area contributed by atoms with E-state index in [0.717, 1.165) is 27.7 Å². The van der Waals surface area contributed by atoms with Crippen molar-refractivity contribution in [3.05, 3.63) is 42.5 Å². The van der Waals surface area contributed by atoms with Crippen LogP contribution in [-0.4, -0.2) is 19.8 Å². The summed E-state index contributed by atoms with van der Waals surface area (Å²) >= 11 is 1.50. The van der Waals surface area contributed by atoms with E-state index < -0.39 is 0 Å². The molecule has 1 N–H and O–H groups in total. The highest BCUT2D eigenvalue weighted by Gasteiger charge is 2.09. The molecule has 4 rings (SSSR count). The minimum absolute atomic E-state index is 0.740. The van der Waals surface area contributed by atoms with E-state index in [1.165, 1.54) is 16.2 Å². The third kappa shape index (κ3) is 1.34. The average Bonchev–Trinajstić information content (AvgIpc) is 3.04. The predicted molar refractivity (Wildman–Crippen MR) is 71.3 cm³/mol. The normalized spacial score (nSPS) is 11.3. The van der Waals surface area contributed by atoms with Crippen LogP contribution in [0.15, 0.2) is 36.4 Å². The molecule has 0 saturated carbocycles. The monoisotopic (exact) mass is 251 g/mol. The van der Waals surface area contributed by atoms with E-state index >= 15 is 0 Å². The van der Waals surface area contributed by atoms with Gasteiger partial charge in [0, 0.05) is 17.0 Å². The minimum Gasteiger partial charge on any atom is -0.258 e. The second-order valence-corrected chi connectivity index (χ2v) is 4.78. The van der Waals surface area contributed by atoms with Gasteiger partial charge in [0.05, 0.1) is 15.9 Å². The highest BCUT2D eigenvalue weighted by Crippen LogP contribution is 2.31. The number of fused-ring (bicyclic) bond motifs is 2. The number of aromatic amines is 1. The Morgan fingerprint density at radius 3 is 3.06 bits per heavy atom. The van der Waals surface area contributed by atoms with E-state index in [2.05, 4.69) is 38.0 Å². The zero-order chi connectivity index (χ0) is 11.9. The van der Waals surface area contributed by atoms with Crippen molar-refractivity contribution in [1.29, 1.82) is 0 Å². The molecule has 1 radical (unpaired) electrons. The van der Waals surface area contributed by atoms with Crippen LogP contribution in [0.3, 0.4) is 0 Å². The van der Waals surface area contributed by atoms with Crippen LogP contribution in [0, 0.1) is 6.07 Å². The summed E-state index contributed by atoms with van der Waals surface area (Å²) in [6.07, 6.45) is 0. The minimum atomic E-state index is 0.740. The molecule has 0 amide bonds. The fourth-order valence-corrected chi connectivity index (χ4v) is 2.79. The molecule has 0 bridgehead atoms. The highest BCUT2D eigenvalue weighted by molar-refractivity contribution is 7.13. The third-order valence-corrected chi connectivity index (χ3v) is 3.70. The quantitative estimate of drug-likeness (QED) is 0.565. The Labute approximate surface area is 106 Å². The molecule has 0 unspecified atom stereocenters. The van der Waals surface area contributed by atoms with E-state index in [1.807, 2.05) is 24.3 Å². The van der Waals surface area contributed by atoms with E-state index in [9.17, 15) is 0 Å². The standard InChI is InChI=1S/C13H7N4S/c1-2-4-12-9(3-1)13(16-18-12)8-5-6-10-11(7-8)15-17-14-10/h1-6H,(H,14,15,17). The number of nitrogens with one attached hydrogen (secondary N) is 1. The Bertz CT molecular complexity index is 846. The second kappa shape index (κ2) is 3.61. The van der Waals surface area contributed by atoms with Crippen LogP contribution in [0.25, 0.3) is 32.4 Å². The van der Waals surface area contributed by atoms with Crippen molar-refractivity contribution in [1.82, 2.24) is 19.8 Å². The van der Waals surface area contributed by atoms with E-state index in [4.69, 9.17) is 0 Å². The number of rotatable bonds is 1. The molecular weight excluding hydrogens is 244 g/mol.